The van der Waals surface area contributed by atoms with Crippen LogP contribution in [0.4, 0.5) is 4.39 Å². The molecule has 0 atom stereocenters. The molecule has 1 aromatic carbocycles. The number of furan rings is 1. The van der Waals surface area contributed by atoms with Crippen molar-refractivity contribution in [1.82, 2.24) is 20.9 Å². The Labute approximate surface area is 168 Å². The van der Waals surface area contributed by atoms with Gasteiger partial charge in [0.05, 0.1) is 6.26 Å². The van der Waals surface area contributed by atoms with Gasteiger partial charge in [-0.05, 0) is 49.6 Å². The fraction of sp³-hybridized carbons (Fsp3) is 0.333. The third-order valence-electron chi connectivity index (χ3n) is 4.64. The molecule has 0 saturated carbocycles. The Morgan fingerprint density at radius 2 is 1.97 bits per heavy atom. The van der Waals surface area contributed by atoms with E-state index in [0.29, 0.717) is 31.4 Å². The number of aryl methyl sites for hydroxylation is 1. The van der Waals surface area contributed by atoms with E-state index in [4.69, 9.17) is 4.42 Å². The third kappa shape index (κ3) is 5.37. The average molecular weight is 399 g/mol. The summed E-state index contributed by atoms with van der Waals surface area (Å²) < 4.78 is 18.6. The number of carbonyl (C=O) groups excluding carboxylic acids is 1. The lowest BCUT2D eigenvalue weighted by Crippen LogP contribution is -2.39. The normalized spacial score (nSPS) is 11.6. The Morgan fingerprint density at radius 3 is 2.72 bits per heavy atom. The highest BCUT2D eigenvalue weighted by molar-refractivity contribution is 5.92. The molecule has 0 aliphatic heterocycles. The molecule has 0 spiro atoms. The SMILES string of the molecule is CN=C(NCCCNC(=O)c1occc1C)NCCc1c[nH]c2ccc(F)cc12. The van der Waals surface area contributed by atoms with Crippen LogP contribution in [0.2, 0.25) is 0 Å². The van der Waals surface area contributed by atoms with E-state index in [1.807, 2.05) is 13.1 Å². The average Bonchev–Trinajstić information content (AvgIpc) is 3.32. The molecule has 0 aliphatic rings. The number of hydrogen-bond donors (Lipinski definition) is 4. The van der Waals surface area contributed by atoms with E-state index in [-0.39, 0.29) is 11.7 Å². The van der Waals surface area contributed by atoms with Crippen molar-refractivity contribution in [2.24, 2.45) is 4.99 Å². The highest BCUT2D eigenvalue weighted by Gasteiger charge is 2.11. The summed E-state index contributed by atoms with van der Waals surface area (Å²) in [6, 6.07) is 6.50. The number of nitrogens with zero attached hydrogens (tertiary/aromatic N) is 1. The van der Waals surface area contributed by atoms with Crippen LogP contribution in [0.15, 0.2) is 46.1 Å². The quantitative estimate of drug-likeness (QED) is 0.266. The fourth-order valence-electron chi connectivity index (χ4n) is 3.08. The summed E-state index contributed by atoms with van der Waals surface area (Å²) in [4.78, 5) is 19.3. The fourth-order valence-corrected chi connectivity index (χ4v) is 3.08. The van der Waals surface area contributed by atoms with E-state index >= 15 is 0 Å². The first-order chi connectivity index (χ1) is 14.1. The van der Waals surface area contributed by atoms with Crippen molar-refractivity contribution in [2.75, 3.05) is 26.7 Å². The molecule has 1 amide bonds. The minimum absolute atomic E-state index is 0.204. The summed E-state index contributed by atoms with van der Waals surface area (Å²) in [7, 11) is 1.71. The second-order valence-electron chi connectivity index (χ2n) is 6.72. The van der Waals surface area contributed by atoms with Crippen LogP contribution in [0.1, 0.15) is 28.1 Å². The molecule has 3 aromatic rings. The second kappa shape index (κ2) is 9.77. The number of halogens is 1. The first kappa shape index (κ1) is 20.4. The lowest BCUT2D eigenvalue weighted by atomic mass is 10.1. The van der Waals surface area contributed by atoms with Gasteiger partial charge in [-0.25, -0.2) is 4.39 Å². The molecule has 0 unspecified atom stereocenters. The zero-order valence-corrected chi connectivity index (χ0v) is 16.6. The standard InChI is InChI=1S/C21H26FN5O2/c1-14-7-11-29-19(14)20(28)24-8-3-9-25-21(23-2)26-10-6-15-13-27-18-5-4-16(22)12-17(15)18/h4-5,7,11-13,27H,3,6,8-10H2,1-2H3,(H,24,28)(H2,23,25,26). The number of aromatic amines is 1. The van der Waals surface area contributed by atoms with Crippen molar-refractivity contribution in [3.63, 3.8) is 0 Å². The number of benzene rings is 1. The van der Waals surface area contributed by atoms with Gasteiger partial charge in [0, 0.05) is 49.3 Å². The molecule has 0 aliphatic carbocycles. The monoisotopic (exact) mass is 399 g/mol. The maximum absolute atomic E-state index is 13.5. The highest BCUT2D eigenvalue weighted by atomic mass is 19.1. The van der Waals surface area contributed by atoms with Gasteiger partial charge >= 0.3 is 0 Å². The first-order valence-electron chi connectivity index (χ1n) is 9.61. The van der Waals surface area contributed by atoms with Crippen LogP contribution >= 0.6 is 0 Å². The number of amides is 1. The molecule has 3 rings (SSSR count). The van der Waals surface area contributed by atoms with Gasteiger partial charge < -0.3 is 25.4 Å². The summed E-state index contributed by atoms with van der Waals surface area (Å²) in [6.07, 6.45) is 4.90. The minimum Gasteiger partial charge on any atom is -0.459 e. The number of carbonyl (C=O) groups is 1. The van der Waals surface area contributed by atoms with Crippen molar-refractivity contribution in [1.29, 1.82) is 0 Å². The molecule has 29 heavy (non-hydrogen) atoms. The van der Waals surface area contributed by atoms with Gasteiger partial charge in [0.2, 0.25) is 0 Å². The largest absolute Gasteiger partial charge is 0.459 e. The molecule has 0 saturated heterocycles. The Kier molecular flexibility index (Phi) is 6.89. The lowest BCUT2D eigenvalue weighted by molar-refractivity contribution is 0.0925. The smallest absolute Gasteiger partial charge is 0.287 e. The Morgan fingerprint density at radius 1 is 1.17 bits per heavy atom. The van der Waals surface area contributed by atoms with Crippen LogP contribution < -0.4 is 16.0 Å². The molecule has 0 radical (unpaired) electrons. The zero-order chi connectivity index (χ0) is 20.6. The van der Waals surface area contributed by atoms with Crippen LogP contribution in [0, 0.1) is 12.7 Å². The number of aliphatic imine (C=N–C) groups is 1. The van der Waals surface area contributed by atoms with E-state index in [0.717, 1.165) is 34.9 Å². The molecule has 2 aromatic heterocycles. The van der Waals surface area contributed by atoms with Crippen LogP contribution in [0.5, 0.6) is 0 Å². The van der Waals surface area contributed by atoms with Crippen LogP contribution in [0.25, 0.3) is 10.9 Å². The third-order valence-corrected chi connectivity index (χ3v) is 4.64. The maximum atomic E-state index is 13.5. The van der Waals surface area contributed by atoms with Crippen molar-refractivity contribution >= 4 is 22.8 Å². The van der Waals surface area contributed by atoms with Gasteiger partial charge in [0.1, 0.15) is 5.82 Å². The topological polar surface area (TPSA) is 94.4 Å². The number of aromatic nitrogens is 1. The van der Waals surface area contributed by atoms with Gasteiger partial charge in [-0.2, -0.15) is 0 Å². The van der Waals surface area contributed by atoms with Crippen LogP contribution in [-0.4, -0.2) is 43.5 Å². The Hall–Kier alpha value is -3.29. The summed E-state index contributed by atoms with van der Waals surface area (Å²) in [5.41, 5.74) is 2.80. The van der Waals surface area contributed by atoms with Crippen molar-refractivity contribution in [3.05, 3.63) is 59.4 Å². The van der Waals surface area contributed by atoms with Gasteiger partial charge in [0.15, 0.2) is 11.7 Å². The Bertz CT molecular complexity index is 992. The van der Waals surface area contributed by atoms with Gasteiger partial charge in [-0.3, -0.25) is 9.79 Å². The number of H-pyrrole nitrogens is 1. The van der Waals surface area contributed by atoms with E-state index in [9.17, 15) is 9.18 Å². The summed E-state index contributed by atoms with van der Waals surface area (Å²) in [5, 5.41) is 10.2. The van der Waals surface area contributed by atoms with E-state index in [2.05, 4.69) is 25.9 Å². The summed E-state index contributed by atoms with van der Waals surface area (Å²) in [5.74, 6) is 0.597. The maximum Gasteiger partial charge on any atom is 0.287 e. The van der Waals surface area contributed by atoms with Crippen molar-refractivity contribution < 1.29 is 13.6 Å². The molecule has 4 N–H and O–H groups in total. The van der Waals surface area contributed by atoms with Crippen molar-refractivity contribution in [2.45, 2.75) is 19.8 Å². The Balaban J connectivity index is 1.36. The molecular formula is C21H26FN5O2. The van der Waals surface area contributed by atoms with Crippen LogP contribution in [0.3, 0.4) is 0 Å². The molecule has 2 heterocycles. The minimum atomic E-state index is -0.238. The highest BCUT2D eigenvalue weighted by Crippen LogP contribution is 2.19. The predicted octanol–water partition coefficient (Wildman–Crippen LogP) is 2.74. The second-order valence-corrected chi connectivity index (χ2v) is 6.72. The molecule has 0 bridgehead atoms. The molecule has 8 heteroatoms. The number of nitrogens with one attached hydrogen (secondary N) is 4. The lowest BCUT2D eigenvalue weighted by Gasteiger charge is -2.12. The molecule has 154 valence electrons. The number of rotatable bonds is 8. The molecule has 0 fully saturated rings. The van der Waals surface area contributed by atoms with Gasteiger partial charge in [-0.15, -0.1) is 0 Å². The van der Waals surface area contributed by atoms with Gasteiger partial charge in [0.25, 0.3) is 5.91 Å². The van der Waals surface area contributed by atoms with Crippen molar-refractivity contribution in [3.8, 4) is 0 Å². The summed E-state index contributed by atoms with van der Waals surface area (Å²) >= 11 is 0. The predicted molar refractivity (Wildman–Crippen MR) is 112 cm³/mol. The van der Waals surface area contributed by atoms with Gasteiger partial charge in [-0.1, -0.05) is 0 Å². The number of guanidine groups is 1. The number of fused-ring (bicyclic) bond motifs is 1. The zero-order valence-electron chi connectivity index (χ0n) is 16.6. The summed E-state index contributed by atoms with van der Waals surface area (Å²) in [6.45, 7) is 3.69. The molecule has 7 nitrogen and oxygen atoms in total. The van der Waals surface area contributed by atoms with Crippen LogP contribution in [-0.2, 0) is 6.42 Å². The van der Waals surface area contributed by atoms with E-state index in [1.165, 1.54) is 12.3 Å². The first-order valence-corrected chi connectivity index (χ1v) is 9.61. The number of hydrogen-bond acceptors (Lipinski definition) is 3. The van der Waals surface area contributed by atoms with E-state index < -0.39 is 0 Å². The van der Waals surface area contributed by atoms with E-state index in [1.54, 1.807) is 25.2 Å². The molecular weight excluding hydrogens is 373 g/mol.